The average molecular weight is 401 g/mol. The van der Waals surface area contributed by atoms with Crippen molar-refractivity contribution in [1.29, 1.82) is 0 Å². The maximum Gasteiger partial charge on any atom is 0.315 e. The average Bonchev–Trinajstić information content (AvgIpc) is 3.19. The highest BCUT2D eigenvalue weighted by Crippen LogP contribution is 2.21. The van der Waals surface area contributed by atoms with Crippen molar-refractivity contribution < 1.29 is 22.7 Å². The number of nitrogens with zero attached hydrogens (tertiary/aromatic N) is 1. The van der Waals surface area contributed by atoms with Gasteiger partial charge in [0, 0.05) is 31.8 Å². The summed E-state index contributed by atoms with van der Waals surface area (Å²) in [5, 5.41) is 2.79. The minimum atomic E-state index is -3.41. The summed E-state index contributed by atoms with van der Waals surface area (Å²) in [7, 11) is -2.07. The molecule has 1 aromatic carbocycles. The maximum atomic E-state index is 12.4. The number of carbonyl (C=O) groups is 2. The molecule has 0 saturated carbocycles. The van der Waals surface area contributed by atoms with Crippen LogP contribution in [0, 0.1) is 0 Å². The Labute approximate surface area is 158 Å². The largest absolute Gasteiger partial charge is 0.468 e. The number of sulfonamides is 1. The van der Waals surface area contributed by atoms with E-state index in [1.165, 1.54) is 23.2 Å². The molecule has 0 unspecified atom stereocenters. The smallest absolute Gasteiger partial charge is 0.315 e. The first-order valence-corrected chi connectivity index (χ1v) is 11.0. The Kier molecular flexibility index (Phi) is 7.92. The Morgan fingerprint density at radius 3 is 2.46 bits per heavy atom. The Morgan fingerprint density at radius 2 is 1.85 bits per heavy atom. The molecule has 1 heterocycles. The van der Waals surface area contributed by atoms with Crippen LogP contribution in [0.4, 0.5) is 0 Å². The van der Waals surface area contributed by atoms with Gasteiger partial charge in [0.05, 0.1) is 17.8 Å². The molecular weight excluding hydrogens is 376 g/mol. The van der Waals surface area contributed by atoms with E-state index in [4.69, 9.17) is 0 Å². The lowest BCUT2D eigenvalue weighted by molar-refractivity contribution is -0.137. The number of thioether (sulfide) groups is 1. The first kappa shape index (κ1) is 20.7. The Balaban J connectivity index is 1.76. The second-order valence-corrected chi connectivity index (χ2v) is 8.95. The van der Waals surface area contributed by atoms with Gasteiger partial charge in [-0.15, -0.1) is 11.8 Å². The van der Waals surface area contributed by atoms with E-state index >= 15 is 0 Å². The van der Waals surface area contributed by atoms with Gasteiger partial charge in [-0.1, -0.05) is 12.1 Å². The molecule has 0 aliphatic carbocycles. The Morgan fingerprint density at radius 1 is 1.19 bits per heavy atom. The fourth-order valence-corrected chi connectivity index (χ4v) is 4.80. The molecule has 0 bridgehead atoms. The molecule has 144 valence electrons. The second kappa shape index (κ2) is 9.94. The fourth-order valence-electron chi connectivity index (χ4n) is 2.53. The lowest BCUT2D eigenvalue weighted by atomic mass is 10.2. The summed E-state index contributed by atoms with van der Waals surface area (Å²) in [5.74, 6) is 0.348. The van der Waals surface area contributed by atoms with Crippen molar-refractivity contribution in [1.82, 2.24) is 9.62 Å². The summed E-state index contributed by atoms with van der Waals surface area (Å²) < 4.78 is 30.9. The third kappa shape index (κ3) is 6.00. The fraction of sp³-hybridized carbons (Fsp3) is 0.529. The zero-order valence-electron chi connectivity index (χ0n) is 14.8. The van der Waals surface area contributed by atoms with Crippen LogP contribution in [0.1, 0.15) is 24.8 Å². The number of nitrogens with one attached hydrogen (secondary N) is 1. The molecule has 1 N–H and O–H groups in total. The predicted octanol–water partition coefficient (Wildman–Crippen LogP) is 1.38. The molecule has 1 fully saturated rings. The Hall–Kier alpha value is -1.58. The number of carbonyl (C=O) groups excluding carboxylic acids is 2. The quantitative estimate of drug-likeness (QED) is 0.497. The normalized spacial score (nSPS) is 15.0. The molecule has 9 heteroatoms. The van der Waals surface area contributed by atoms with Gasteiger partial charge in [0.1, 0.15) is 0 Å². The van der Waals surface area contributed by atoms with Crippen molar-refractivity contribution in [2.45, 2.75) is 30.7 Å². The van der Waals surface area contributed by atoms with Crippen LogP contribution in [0.3, 0.4) is 0 Å². The van der Waals surface area contributed by atoms with E-state index in [9.17, 15) is 18.0 Å². The summed E-state index contributed by atoms with van der Waals surface area (Å²) in [6.07, 6.45) is 2.12. The second-order valence-electron chi connectivity index (χ2n) is 5.91. The first-order chi connectivity index (χ1) is 12.4. The standard InChI is InChI=1S/C17H24N2O5S2/c1-24-17(21)13-25-11-8-16(20)18-12-14-4-6-15(7-5-14)26(22,23)19-9-2-3-10-19/h4-7H,2-3,8-13H2,1H3,(H,18,20). The molecule has 0 spiro atoms. The van der Waals surface area contributed by atoms with Gasteiger partial charge >= 0.3 is 5.97 Å². The van der Waals surface area contributed by atoms with Gasteiger partial charge in [0.25, 0.3) is 0 Å². The van der Waals surface area contributed by atoms with Gasteiger partial charge in [-0.25, -0.2) is 8.42 Å². The van der Waals surface area contributed by atoms with Gasteiger partial charge < -0.3 is 10.1 Å². The number of amides is 1. The summed E-state index contributed by atoms with van der Waals surface area (Å²) in [4.78, 5) is 23.0. The van der Waals surface area contributed by atoms with E-state index in [-0.39, 0.29) is 22.5 Å². The van der Waals surface area contributed by atoms with Gasteiger partial charge in [-0.05, 0) is 30.5 Å². The lowest BCUT2D eigenvalue weighted by Gasteiger charge is -2.15. The Bertz CT molecular complexity index is 713. The van der Waals surface area contributed by atoms with Gasteiger partial charge in [0.15, 0.2) is 0 Å². The zero-order chi connectivity index (χ0) is 19.0. The highest BCUT2D eigenvalue weighted by molar-refractivity contribution is 7.99. The zero-order valence-corrected chi connectivity index (χ0v) is 16.4. The highest BCUT2D eigenvalue weighted by atomic mass is 32.2. The van der Waals surface area contributed by atoms with E-state index in [0.717, 1.165) is 18.4 Å². The minimum absolute atomic E-state index is 0.115. The molecule has 0 atom stereocenters. The van der Waals surface area contributed by atoms with Crippen LogP contribution >= 0.6 is 11.8 Å². The van der Waals surface area contributed by atoms with Crippen molar-refractivity contribution in [3.8, 4) is 0 Å². The minimum Gasteiger partial charge on any atom is -0.468 e. The van der Waals surface area contributed by atoms with Crippen LogP contribution in [0.5, 0.6) is 0 Å². The molecule has 7 nitrogen and oxygen atoms in total. The molecule has 1 aromatic rings. The maximum absolute atomic E-state index is 12.4. The van der Waals surface area contributed by atoms with Crippen LogP contribution in [0.25, 0.3) is 0 Å². The number of ether oxygens (including phenoxy) is 1. The highest BCUT2D eigenvalue weighted by Gasteiger charge is 2.26. The summed E-state index contributed by atoms with van der Waals surface area (Å²) in [6, 6.07) is 6.60. The summed E-state index contributed by atoms with van der Waals surface area (Å²) in [6.45, 7) is 1.49. The number of methoxy groups -OCH3 is 1. The van der Waals surface area contributed by atoms with Crippen LogP contribution in [-0.2, 0) is 30.9 Å². The van der Waals surface area contributed by atoms with E-state index < -0.39 is 10.0 Å². The van der Waals surface area contributed by atoms with Crippen LogP contribution in [-0.4, -0.2) is 56.3 Å². The van der Waals surface area contributed by atoms with Crippen molar-refractivity contribution in [3.05, 3.63) is 29.8 Å². The molecule has 1 amide bonds. The van der Waals surface area contributed by atoms with E-state index in [1.807, 2.05) is 0 Å². The molecule has 0 radical (unpaired) electrons. The number of rotatable bonds is 9. The van der Waals surface area contributed by atoms with Crippen molar-refractivity contribution >= 4 is 33.7 Å². The van der Waals surface area contributed by atoms with E-state index in [1.54, 1.807) is 24.3 Å². The SMILES string of the molecule is COC(=O)CSCCC(=O)NCc1ccc(S(=O)(=O)N2CCCC2)cc1. The monoisotopic (exact) mass is 400 g/mol. The molecule has 1 aliphatic heterocycles. The van der Waals surface area contributed by atoms with Gasteiger partial charge in [-0.3, -0.25) is 9.59 Å². The third-order valence-corrected chi connectivity index (χ3v) is 6.88. The first-order valence-electron chi connectivity index (χ1n) is 8.44. The summed E-state index contributed by atoms with van der Waals surface area (Å²) >= 11 is 1.35. The molecule has 1 aliphatic rings. The molecule has 2 rings (SSSR count). The predicted molar refractivity (Wildman–Crippen MR) is 100 cm³/mol. The lowest BCUT2D eigenvalue weighted by Crippen LogP contribution is -2.28. The van der Waals surface area contributed by atoms with Crippen molar-refractivity contribution in [3.63, 3.8) is 0 Å². The third-order valence-electron chi connectivity index (χ3n) is 4.04. The van der Waals surface area contributed by atoms with Gasteiger partial charge in [-0.2, -0.15) is 4.31 Å². The van der Waals surface area contributed by atoms with Gasteiger partial charge in [0.2, 0.25) is 15.9 Å². The topological polar surface area (TPSA) is 92.8 Å². The molecule has 1 saturated heterocycles. The van der Waals surface area contributed by atoms with Crippen molar-refractivity contribution in [2.75, 3.05) is 31.7 Å². The van der Waals surface area contributed by atoms with Crippen LogP contribution < -0.4 is 5.32 Å². The molecular formula is C17H24N2O5S2. The molecule has 0 aromatic heterocycles. The van der Waals surface area contributed by atoms with Crippen LogP contribution in [0.2, 0.25) is 0 Å². The summed E-state index contributed by atoms with van der Waals surface area (Å²) in [5.41, 5.74) is 0.834. The molecule has 26 heavy (non-hydrogen) atoms. The number of hydrogen-bond acceptors (Lipinski definition) is 6. The number of esters is 1. The van der Waals surface area contributed by atoms with E-state index in [2.05, 4.69) is 10.1 Å². The van der Waals surface area contributed by atoms with Crippen LogP contribution in [0.15, 0.2) is 29.2 Å². The number of benzene rings is 1. The number of hydrogen-bond donors (Lipinski definition) is 1. The van der Waals surface area contributed by atoms with E-state index in [0.29, 0.717) is 31.8 Å². The van der Waals surface area contributed by atoms with Crippen molar-refractivity contribution in [2.24, 2.45) is 0 Å².